The Labute approximate surface area is 122 Å². The Kier molecular flexibility index (Phi) is 5.86. The number of carbonyl (C=O) groups is 1. The molecular formula is C14H18N4O3. The van der Waals surface area contributed by atoms with Crippen LogP contribution in [-0.2, 0) is 4.74 Å². The second-order valence-corrected chi connectivity index (χ2v) is 4.32. The molecule has 1 amide bonds. The minimum atomic E-state index is -0.165. The number of hydrogen-bond donors (Lipinski definition) is 2. The summed E-state index contributed by atoms with van der Waals surface area (Å²) in [6.45, 7) is 1.38. The molecule has 2 heterocycles. The van der Waals surface area contributed by atoms with E-state index in [0.29, 0.717) is 37.6 Å². The second kappa shape index (κ2) is 8.13. The van der Waals surface area contributed by atoms with E-state index in [1.54, 1.807) is 35.4 Å². The molecule has 0 aromatic carbocycles. The molecule has 0 radical (unpaired) electrons. The van der Waals surface area contributed by atoms with E-state index in [0.717, 1.165) is 0 Å². The van der Waals surface area contributed by atoms with Gasteiger partial charge in [-0.3, -0.25) is 9.36 Å². The van der Waals surface area contributed by atoms with E-state index in [1.165, 1.54) is 6.20 Å². The predicted octanol–water partition coefficient (Wildman–Crippen LogP) is 0.396. The summed E-state index contributed by atoms with van der Waals surface area (Å²) in [6.07, 6.45) is 7.34. The van der Waals surface area contributed by atoms with Crippen LogP contribution < -0.4 is 5.32 Å². The van der Waals surface area contributed by atoms with E-state index >= 15 is 0 Å². The number of carbonyl (C=O) groups excluding carboxylic acids is 1. The van der Waals surface area contributed by atoms with Gasteiger partial charge in [0, 0.05) is 31.7 Å². The number of hydrogen-bond acceptors (Lipinski definition) is 5. The molecule has 0 unspecified atom stereocenters. The SMILES string of the molecule is O=C(NCCCOCCO)c1ccc(-n2ccnc2)nc1. The van der Waals surface area contributed by atoms with Gasteiger partial charge in [0.1, 0.15) is 12.1 Å². The number of rotatable bonds is 8. The lowest BCUT2D eigenvalue weighted by Gasteiger charge is -2.06. The Hall–Kier alpha value is -2.25. The molecule has 7 nitrogen and oxygen atoms in total. The number of aliphatic hydroxyl groups excluding tert-OH is 1. The first-order valence-corrected chi connectivity index (χ1v) is 6.72. The summed E-state index contributed by atoms with van der Waals surface area (Å²) in [7, 11) is 0. The van der Waals surface area contributed by atoms with Crippen LogP contribution in [0.4, 0.5) is 0 Å². The monoisotopic (exact) mass is 290 g/mol. The van der Waals surface area contributed by atoms with Crippen molar-refractivity contribution in [3.63, 3.8) is 0 Å². The van der Waals surface area contributed by atoms with Crippen molar-refractivity contribution in [1.29, 1.82) is 0 Å². The number of ether oxygens (including phenoxy) is 1. The summed E-state index contributed by atoms with van der Waals surface area (Å²) in [6, 6.07) is 3.49. The van der Waals surface area contributed by atoms with Gasteiger partial charge < -0.3 is 15.2 Å². The minimum Gasteiger partial charge on any atom is -0.394 e. The molecule has 2 aromatic heterocycles. The van der Waals surface area contributed by atoms with E-state index in [-0.39, 0.29) is 12.5 Å². The van der Waals surface area contributed by atoms with Gasteiger partial charge in [0.05, 0.1) is 18.8 Å². The largest absolute Gasteiger partial charge is 0.394 e. The van der Waals surface area contributed by atoms with Gasteiger partial charge >= 0.3 is 0 Å². The van der Waals surface area contributed by atoms with Crippen molar-refractivity contribution in [3.8, 4) is 5.82 Å². The van der Waals surface area contributed by atoms with Crippen LogP contribution in [0.15, 0.2) is 37.1 Å². The van der Waals surface area contributed by atoms with E-state index in [2.05, 4.69) is 15.3 Å². The Bertz CT molecular complexity index is 540. The first kappa shape index (κ1) is 15.1. The quantitative estimate of drug-likeness (QED) is 0.687. The van der Waals surface area contributed by atoms with Crippen molar-refractivity contribution >= 4 is 5.91 Å². The summed E-state index contributed by atoms with van der Waals surface area (Å²) >= 11 is 0. The third-order valence-electron chi connectivity index (χ3n) is 2.77. The average Bonchev–Trinajstić information content (AvgIpc) is 3.05. The zero-order chi connectivity index (χ0) is 14.9. The number of amides is 1. The molecule has 0 fully saturated rings. The molecule has 0 aliphatic rings. The fourth-order valence-corrected chi connectivity index (χ4v) is 1.71. The van der Waals surface area contributed by atoms with Gasteiger partial charge in [-0.2, -0.15) is 0 Å². The highest BCUT2D eigenvalue weighted by Gasteiger charge is 2.06. The van der Waals surface area contributed by atoms with Crippen LogP contribution in [0.25, 0.3) is 5.82 Å². The third-order valence-corrected chi connectivity index (χ3v) is 2.77. The maximum absolute atomic E-state index is 11.9. The first-order chi connectivity index (χ1) is 10.3. The third kappa shape index (κ3) is 4.66. The molecule has 21 heavy (non-hydrogen) atoms. The summed E-state index contributed by atoms with van der Waals surface area (Å²) < 4.78 is 6.87. The lowest BCUT2D eigenvalue weighted by molar-refractivity contribution is 0.0867. The molecule has 0 bridgehead atoms. The highest BCUT2D eigenvalue weighted by Crippen LogP contribution is 2.05. The summed E-state index contributed by atoms with van der Waals surface area (Å²) in [4.78, 5) is 20.0. The molecule has 0 atom stereocenters. The van der Waals surface area contributed by atoms with Crippen molar-refractivity contribution in [3.05, 3.63) is 42.6 Å². The van der Waals surface area contributed by atoms with E-state index in [4.69, 9.17) is 9.84 Å². The Morgan fingerprint density at radius 3 is 2.95 bits per heavy atom. The van der Waals surface area contributed by atoms with Crippen LogP contribution >= 0.6 is 0 Å². The molecule has 2 aromatic rings. The van der Waals surface area contributed by atoms with Crippen molar-refractivity contribution in [2.24, 2.45) is 0 Å². The van der Waals surface area contributed by atoms with Crippen molar-refractivity contribution in [2.45, 2.75) is 6.42 Å². The van der Waals surface area contributed by atoms with Crippen molar-refractivity contribution in [2.75, 3.05) is 26.4 Å². The number of imidazole rings is 1. The van der Waals surface area contributed by atoms with E-state index < -0.39 is 0 Å². The molecule has 0 spiro atoms. The number of pyridine rings is 1. The van der Waals surface area contributed by atoms with Gasteiger partial charge in [0.25, 0.3) is 5.91 Å². The van der Waals surface area contributed by atoms with Crippen LogP contribution in [0.1, 0.15) is 16.8 Å². The number of nitrogens with zero attached hydrogens (tertiary/aromatic N) is 3. The molecule has 0 aliphatic heterocycles. The standard InChI is InChI=1S/C14H18N4O3/c19-7-9-21-8-1-4-16-14(20)12-2-3-13(17-10-12)18-6-5-15-11-18/h2-3,5-6,10-11,19H,1,4,7-9H2,(H,16,20). The first-order valence-electron chi connectivity index (χ1n) is 6.72. The number of aromatic nitrogens is 3. The summed E-state index contributed by atoms with van der Waals surface area (Å²) in [5, 5.41) is 11.3. The van der Waals surface area contributed by atoms with Gasteiger partial charge in [-0.05, 0) is 18.6 Å². The molecule has 2 rings (SSSR count). The minimum absolute atomic E-state index is 0.0152. The zero-order valence-electron chi connectivity index (χ0n) is 11.6. The fourth-order valence-electron chi connectivity index (χ4n) is 1.71. The smallest absolute Gasteiger partial charge is 0.252 e. The Morgan fingerprint density at radius 2 is 2.29 bits per heavy atom. The van der Waals surface area contributed by atoms with E-state index in [9.17, 15) is 4.79 Å². The maximum atomic E-state index is 11.9. The highest BCUT2D eigenvalue weighted by molar-refractivity contribution is 5.93. The maximum Gasteiger partial charge on any atom is 0.252 e. The lowest BCUT2D eigenvalue weighted by Crippen LogP contribution is -2.25. The molecule has 0 saturated carbocycles. The van der Waals surface area contributed by atoms with Crippen LogP contribution in [0.3, 0.4) is 0 Å². The van der Waals surface area contributed by atoms with Crippen molar-refractivity contribution in [1.82, 2.24) is 19.9 Å². The predicted molar refractivity (Wildman–Crippen MR) is 76.2 cm³/mol. The number of nitrogens with one attached hydrogen (secondary N) is 1. The van der Waals surface area contributed by atoms with Gasteiger partial charge in [-0.1, -0.05) is 0 Å². The molecule has 0 aliphatic carbocycles. The van der Waals surface area contributed by atoms with E-state index in [1.807, 2.05) is 0 Å². The molecular weight excluding hydrogens is 272 g/mol. The average molecular weight is 290 g/mol. The Balaban J connectivity index is 1.78. The van der Waals surface area contributed by atoms with Crippen LogP contribution in [-0.4, -0.2) is 51.9 Å². The summed E-state index contributed by atoms with van der Waals surface area (Å²) in [5.74, 6) is 0.545. The highest BCUT2D eigenvalue weighted by atomic mass is 16.5. The lowest BCUT2D eigenvalue weighted by atomic mass is 10.2. The molecule has 0 saturated heterocycles. The van der Waals surface area contributed by atoms with Gasteiger partial charge in [0.2, 0.25) is 0 Å². The zero-order valence-corrected chi connectivity index (χ0v) is 11.6. The molecule has 112 valence electrons. The fraction of sp³-hybridized carbons (Fsp3) is 0.357. The van der Waals surface area contributed by atoms with Gasteiger partial charge in [-0.25, -0.2) is 9.97 Å². The van der Waals surface area contributed by atoms with Crippen LogP contribution in [0.5, 0.6) is 0 Å². The van der Waals surface area contributed by atoms with Crippen LogP contribution in [0.2, 0.25) is 0 Å². The van der Waals surface area contributed by atoms with Gasteiger partial charge in [-0.15, -0.1) is 0 Å². The Morgan fingerprint density at radius 1 is 1.38 bits per heavy atom. The topological polar surface area (TPSA) is 89.3 Å². The normalized spacial score (nSPS) is 10.5. The molecule has 7 heteroatoms. The summed E-state index contributed by atoms with van der Waals surface area (Å²) in [5.41, 5.74) is 0.509. The molecule has 2 N–H and O–H groups in total. The second-order valence-electron chi connectivity index (χ2n) is 4.32. The van der Waals surface area contributed by atoms with Gasteiger partial charge in [0.15, 0.2) is 0 Å². The number of aliphatic hydroxyl groups is 1. The van der Waals surface area contributed by atoms with Crippen molar-refractivity contribution < 1.29 is 14.6 Å². The van der Waals surface area contributed by atoms with Crippen LogP contribution in [0, 0.1) is 0 Å².